The van der Waals surface area contributed by atoms with Crippen LogP contribution in [0.4, 0.5) is 0 Å². The van der Waals surface area contributed by atoms with Crippen molar-refractivity contribution in [3.8, 4) is 0 Å². The van der Waals surface area contributed by atoms with E-state index >= 15 is 0 Å². The molecule has 0 amide bonds. The fourth-order valence-electron chi connectivity index (χ4n) is 3.02. The third-order valence-electron chi connectivity index (χ3n) is 4.56. The molecule has 0 radical (unpaired) electrons. The quantitative estimate of drug-likeness (QED) is 0.290. The van der Waals surface area contributed by atoms with Gasteiger partial charge in [0, 0.05) is 9.75 Å². The lowest BCUT2D eigenvalue weighted by atomic mass is 10.1. The number of hydrogen-bond donors (Lipinski definition) is 0. The Labute approximate surface area is 170 Å². The summed E-state index contributed by atoms with van der Waals surface area (Å²) in [6.45, 7) is 4.54. The van der Waals surface area contributed by atoms with Crippen molar-refractivity contribution in [2.75, 3.05) is 0 Å². The first-order chi connectivity index (χ1) is 12.2. The summed E-state index contributed by atoms with van der Waals surface area (Å²) < 4.78 is 1.31. The van der Waals surface area contributed by atoms with Crippen molar-refractivity contribution in [2.24, 2.45) is 0 Å². The fraction of sp³-hybridized carbons (Fsp3) is 0.545. The molecule has 0 aromatic carbocycles. The normalized spacial score (nSPS) is 11.6. The molecule has 2 rings (SSSR count). The van der Waals surface area contributed by atoms with E-state index in [-0.39, 0.29) is 0 Å². The van der Waals surface area contributed by atoms with Gasteiger partial charge in [-0.1, -0.05) is 52.4 Å². The summed E-state index contributed by atoms with van der Waals surface area (Å²) in [5.74, 6) is 0. The molecule has 2 aromatic rings. The molecule has 3 heteroatoms. The van der Waals surface area contributed by atoms with Crippen molar-refractivity contribution in [3.05, 3.63) is 42.2 Å². The maximum atomic E-state index is 3.76. The Bertz CT molecular complexity index is 636. The van der Waals surface area contributed by atoms with Gasteiger partial charge in [0.05, 0.1) is 3.79 Å². The van der Waals surface area contributed by atoms with Crippen LogP contribution in [-0.2, 0) is 12.8 Å². The molecule has 0 bridgehead atoms. The van der Waals surface area contributed by atoms with Gasteiger partial charge in [-0.3, -0.25) is 0 Å². The van der Waals surface area contributed by atoms with Crippen LogP contribution in [0, 0.1) is 0 Å². The summed E-state index contributed by atoms with van der Waals surface area (Å²) in [5.41, 5.74) is 3.00. The second-order valence-electron chi connectivity index (χ2n) is 6.71. The van der Waals surface area contributed by atoms with Crippen LogP contribution >= 0.6 is 38.6 Å². The molecule has 0 spiro atoms. The van der Waals surface area contributed by atoms with Crippen molar-refractivity contribution in [1.29, 1.82) is 0 Å². The Hall–Kier alpha value is -0.380. The zero-order valence-corrected chi connectivity index (χ0v) is 18.9. The Balaban J connectivity index is 1.90. The van der Waals surface area contributed by atoms with E-state index in [1.165, 1.54) is 88.9 Å². The summed E-state index contributed by atoms with van der Waals surface area (Å²) in [7, 11) is 0. The maximum Gasteiger partial charge on any atom is 0.0736 e. The number of aryl methyl sites for hydroxylation is 2. The molecule has 0 nitrogen and oxygen atoms in total. The Morgan fingerprint density at radius 2 is 1.56 bits per heavy atom. The molecule has 0 fully saturated rings. The van der Waals surface area contributed by atoms with E-state index in [4.69, 9.17) is 0 Å². The van der Waals surface area contributed by atoms with Gasteiger partial charge in [-0.15, -0.1) is 22.7 Å². The first-order valence-corrected chi connectivity index (χ1v) is 12.3. The summed E-state index contributed by atoms with van der Waals surface area (Å²) >= 11 is 7.49. The number of halogens is 1. The monoisotopic (exact) mass is 438 g/mol. The highest BCUT2D eigenvalue weighted by Crippen LogP contribution is 2.31. The molecule has 138 valence electrons. The average molecular weight is 440 g/mol. The second kappa shape index (κ2) is 12.1. The van der Waals surface area contributed by atoms with E-state index in [1.54, 1.807) is 0 Å². The van der Waals surface area contributed by atoms with Crippen LogP contribution in [-0.4, -0.2) is 0 Å². The SMILES string of the molecule is CCCCCCc1cc(/C=C/c2sccc2CCCCCC)sc1Br. The topological polar surface area (TPSA) is 0 Å². The van der Waals surface area contributed by atoms with Crippen molar-refractivity contribution in [1.82, 2.24) is 0 Å². The lowest BCUT2D eigenvalue weighted by Gasteiger charge is -2.00. The minimum absolute atomic E-state index is 1.20. The van der Waals surface area contributed by atoms with E-state index in [0.29, 0.717) is 0 Å². The molecule has 0 atom stereocenters. The summed E-state index contributed by atoms with van der Waals surface area (Å²) in [6.07, 6.45) is 17.7. The third-order valence-corrected chi connectivity index (χ3v) is 7.41. The molecule has 0 aliphatic heterocycles. The number of thiophene rings is 2. The van der Waals surface area contributed by atoms with Gasteiger partial charge in [0.25, 0.3) is 0 Å². The Morgan fingerprint density at radius 1 is 0.880 bits per heavy atom. The Kier molecular flexibility index (Phi) is 10.1. The minimum Gasteiger partial charge on any atom is -0.144 e. The van der Waals surface area contributed by atoms with Crippen molar-refractivity contribution in [3.63, 3.8) is 0 Å². The molecule has 0 aliphatic carbocycles. The molecule has 2 heterocycles. The van der Waals surface area contributed by atoms with Gasteiger partial charge < -0.3 is 0 Å². The first kappa shape index (κ1) is 20.9. The largest absolute Gasteiger partial charge is 0.144 e. The highest BCUT2D eigenvalue weighted by atomic mass is 79.9. The molecule has 0 N–H and O–H groups in total. The molecule has 0 saturated heterocycles. The van der Waals surface area contributed by atoms with Crippen LogP contribution < -0.4 is 0 Å². The van der Waals surface area contributed by atoms with Crippen molar-refractivity contribution < 1.29 is 0 Å². The van der Waals surface area contributed by atoms with Crippen LogP contribution in [0.1, 0.15) is 86.1 Å². The predicted octanol–water partition coefficient (Wildman–Crippen LogP) is 8.99. The van der Waals surface area contributed by atoms with Crippen LogP contribution in [0.2, 0.25) is 0 Å². The van der Waals surface area contributed by atoms with Crippen LogP contribution in [0.25, 0.3) is 12.2 Å². The Morgan fingerprint density at radius 3 is 2.24 bits per heavy atom. The van der Waals surface area contributed by atoms with E-state index in [0.717, 1.165) is 0 Å². The molecular weight excluding hydrogens is 408 g/mol. The van der Waals surface area contributed by atoms with Crippen molar-refractivity contribution >= 4 is 50.8 Å². The number of unbranched alkanes of at least 4 members (excludes halogenated alkanes) is 6. The summed E-state index contributed by atoms with van der Waals surface area (Å²) in [6, 6.07) is 4.67. The van der Waals surface area contributed by atoms with Gasteiger partial charge in [0.15, 0.2) is 0 Å². The van der Waals surface area contributed by atoms with Gasteiger partial charge in [0.2, 0.25) is 0 Å². The molecule has 0 aliphatic rings. The van der Waals surface area contributed by atoms with Gasteiger partial charge in [-0.2, -0.15) is 0 Å². The molecular formula is C22H31BrS2. The van der Waals surface area contributed by atoms with Gasteiger partial charge in [-0.05, 0) is 82.4 Å². The standard InChI is InChI=1S/C22H31BrS2/c1-3-5-7-9-11-18-15-16-24-21(18)14-13-20-17-19(22(23)25-20)12-10-8-6-4-2/h13-17H,3-12H2,1-2H3/b14-13+. The van der Waals surface area contributed by atoms with E-state index in [9.17, 15) is 0 Å². The predicted molar refractivity (Wildman–Crippen MR) is 121 cm³/mol. The zero-order valence-electron chi connectivity index (χ0n) is 15.7. The smallest absolute Gasteiger partial charge is 0.0736 e. The molecule has 2 aromatic heterocycles. The third kappa shape index (κ3) is 7.40. The van der Waals surface area contributed by atoms with E-state index in [1.807, 2.05) is 22.7 Å². The molecule has 25 heavy (non-hydrogen) atoms. The number of hydrogen-bond acceptors (Lipinski definition) is 2. The van der Waals surface area contributed by atoms with Gasteiger partial charge >= 0.3 is 0 Å². The summed E-state index contributed by atoms with van der Waals surface area (Å²) in [5, 5.41) is 2.23. The van der Waals surface area contributed by atoms with Crippen molar-refractivity contribution in [2.45, 2.75) is 78.1 Å². The van der Waals surface area contributed by atoms with Gasteiger partial charge in [-0.25, -0.2) is 0 Å². The fourth-order valence-corrected chi connectivity index (χ4v) is 5.58. The zero-order chi connectivity index (χ0) is 17.9. The van der Waals surface area contributed by atoms with E-state index in [2.05, 4.69) is 59.4 Å². The highest BCUT2D eigenvalue weighted by Gasteiger charge is 2.06. The maximum absolute atomic E-state index is 3.76. The molecule has 0 unspecified atom stereocenters. The average Bonchev–Trinajstić information content (AvgIpc) is 3.20. The van der Waals surface area contributed by atoms with Gasteiger partial charge in [0.1, 0.15) is 0 Å². The number of rotatable bonds is 12. The lowest BCUT2D eigenvalue weighted by molar-refractivity contribution is 0.667. The van der Waals surface area contributed by atoms with Crippen LogP contribution in [0.3, 0.4) is 0 Å². The van der Waals surface area contributed by atoms with Crippen LogP contribution in [0.15, 0.2) is 21.3 Å². The van der Waals surface area contributed by atoms with E-state index < -0.39 is 0 Å². The van der Waals surface area contributed by atoms with Crippen LogP contribution in [0.5, 0.6) is 0 Å². The molecule has 0 saturated carbocycles. The summed E-state index contributed by atoms with van der Waals surface area (Å²) in [4.78, 5) is 2.80. The second-order valence-corrected chi connectivity index (χ2v) is 10.1. The lowest BCUT2D eigenvalue weighted by Crippen LogP contribution is -1.85. The highest BCUT2D eigenvalue weighted by molar-refractivity contribution is 9.11. The first-order valence-electron chi connectivity index (χ1n) is 9.77. The minimum atomic E-state index is 1.20.